The summed E-state index contributed by atoms with van der Waals surface area (Å²) < 4.78 is 45.7. The Bertz CT molecular complexity index is 1070. The number of nitrogens with zero attached hydrogens (tertiary/aromatic N) is 1. The molecule has 1 aliphatic rings. The zero-order valence-corrected chi connectivity index (χ0v) is 16.1. The minimum Gasteiger partial charge on any atom is -0.465 e. The highest BCUT2D eigenvalue weighted by atomic mass is 32.2. The molecule has 0 fully saturated rings. The number of nitrogens with one attached hydrogen (secondary N) is 2. The highest BCUT2D eigenvalue weighted by molar-refractivity contribution is 8.15. The van der Waals surface area contributed by atoms with Crippen molar-refractivity contribution in [1.29, 1.82) is 0 Å². The lowest BCUT2D eigenvalue weighted by atomic mass is 10.2. The number of thioether (sulfide) groups is 1. The van der Waals surface area contributed by atoms with E-state index in [0.717, 1.165) is 23.9 Å². The highest BCUT2D eigenvalue weighted by Gasteiger charge is 2.26. The van der Waals surface area contributed by atoms with Crippen molar-refractivity contribution in [3.05, 3.63) is 53.8 Å². The summed E-state index contributed by atoms with van der Waals surface area (Å²) in [6, 6.07) is 9.39. The number of carbonyl (C=O) groups excluding carboxylic acids is 2. The number of fused-ring (bicyclic) bond motifs is 1. The molecular weight excluding hydrogens is 409 g/mol. The molecule has 1 aliphatic heterocycles. The number of methoxy groups -OCH3 is 1. The third-order valence-electron chi connectivity index (χ3n) is 3.60. The average molecular weight is 423 g/mol. The Morgan fingerprint density at radius 1 is 1.21 bits per heavy atom. The SMILES string of the molecule is COC(=O)c1ccc(NC(=O)CSC2=NS(=O)(=O)c3cc(F)ccc3N2)cc1. The quantitative estimate of drug-likeness (QED) is 0.726. The monoisotopic (exact) mass is 423 g/mol. The molecule has 0 saturated carbocycles. The van der Waals surface area contributed by atoms with Crippen molar-refractivity contribution >= 4 is 50.2 Å². The summed E-state index contributed by atoms with van der Waals surface area (Å²) in [4.78, 5) is 23.2. The van der Waals surface area contributed by atoms with Crippen LogP contribution in [-0.4, -0.2) is 38.3 Å². The van der Waals surface area contributed by atoms with E-state index in [-0.39, 0.29) is 21.5 Å². The van der Waals surface area contributed by atoms with Crippen LogP contribution in [0.2, 0.25) is 0 Å². The fraction of sp³-hybridized carbons (Fsp3) is 0.118. The molecule has 0 unspecified atom stereocenters. The van der Waals surface area contributed by atoms with Crippen LogP contribution < -0.4 is 10.6 Å². The molecule has 0 bridgehead atoms. The molecular formula is C17H14FN3O5S2. The number of hydrogen-bond acceptors (Lipinski definition) is 7. The number of carbonyl (C=O) groups is 2. The van der Waals surface area contributed by atoms with Gasteiger partial charge in [0.1, 0.15) is 10.7 Å². The number of benzene rings is 2. The summed E-state index contributed by atoms with van der Waals surface area (Å²) >= 11 is 0.886. The summed E-state index contributed by atoms with van der Waals surface area (Å²) in [6.07, 6.45) is 0. The molecule has 1 heterocycles. The van der Waals surface area contributed by atoms with Crippen molar-refractivity contribution in [3.8, 4) is 0 Å². The molecule has 1 amide bonds. The molecule has 146 valence electrons. The van der Waals surface area contributed by atoms with E-state index >= 15 is 0 Å². The van der Waals surface area contributed by atoms with Gasteiger partial charge in [0.2, 0.25) is 5.91 Å². The number of hydrogen-bond donors (Lipinski definition) is 2. The molecule has 0 radical (unpaired) electrons. The van der Waals surface area contributed by atoms with Gasteiger partial charge in [0.05, 0.1) is 24.1 Å². The van der Waals surface area contributed by atoms with Gasteiger partial charge in [-0.1, -0.05) is 11.8 Å². The van der Waals surface area contributed by atoms with Crippen LogP contribution in [0.25, 0.3) is 0 Å². The molecule has 2 aromatic rings. The van der Waals surface area contributed by atoms with Crippen LogP contribution in [-0.2, 0) is 19.6 Å². The van der Waals surface area contributed by atoms with Gasteiger partial charge in [-0.2, -0.15) is 8.42 Å². The van der Waals surface area contributed by atoms with E-state index in [4.69, 9.17) is 0 Å². The van der Waals surface area contributed by atoms with E-state index in [1.54, 1.807) is 12.1 Å². The van der Waals surface area contributed by atoms with Gasteiger partial charge in [0, 0.05) is 5.69 Å². The van der Waals surface area contributed by atoms with Gasteiger partial charge in [-0.25, -0.2) is 9.18 Å². The summed E-state index contributed by atoms with van der Waals surface area (Å²) in [5, 5.41) is 5.39. The number of halogens is 1. The molecule has 0 spiro atoms. The zero-order chi connectivity index (χ0) is 20.3. The van der Waals surface area contributed by atoms with E-state index in [0.29, 0.717) is 11.3 Å². The van der Waals surface area contributed by atoms with E-state index in [1.165, 1.54) is 25.3 Å². The molecule has 11 heteroatoms. The average Bonchev–Trinajstić information content (AvgIpc) is 2.66. The summed E-state index contributed by atoms with van der Waals surface area (Å²) in [6.45, 7) is 0. The first-order chi connectivity index (χ1) is 13.3. The lowest BCUT2D eigenvalue weighted by molar-refractivity contribution is -0.113. The van der Waals surface area contributed by atoms with Crippen LogP contribution in [0.5, 0.6) is 0 Å². The lowest BCUT2D eigenvalue weighted by Gasteiger charge is -2.17. The first-order valence-electron chi connectivity index (χ1n) is 7.81. The normalized spacial score (nSPS) is 14.3. The third-order valence-corrected chi connectivity index (χ3v) is 5.90. The van der Waals surface area contributed by atoms with Gasteiger partial charge in [-0.3, -0.25) is 4.79 Å². The molecule has 8 nitrogen and oxygen atoms in total. The molecule has 0 aliphatic carbocycles. The van der Waals surface area contributed by atoms with Crippen molar-refractivity contribution in [1.82, 2.24) is 0 Å². The van der Waals surface area contributed by atoms with Gasteiger partial charge in [-0.05, 0) is 42.5 Å². The van der Waals surface area contributed by atoms with E-state index in [2.05, 4.69) is 19.8 Å². The summed E-state index contributed by atoms with van der Waals surface area (Å²) in [5.41, 5.74) is 0.999. The Labute approximate surface area is 164 Å². The van der Waals surface area contributed by atoms with Crippen molar-refractivity contribution < 1.29 is 27.1 Å². The van der Waals surface area contributed by atoms with Crippen molar-refractivity contribution in [2.45, 2.75) is 4.90 Å². The molecule has 2 aromatic carbocycles. The highest BCUT2D eigenvalue weighted by Crippen LogP contribution is 2.30. The zero-order valence-electron chi connectivity index (χ0n) is 14.4. The molecule has 0 aromatic heterocycles. The second-order valence-corrected chi connectivity index (χ2v) is 8.08. The van der Waals surface area contributed by atoms with Gasteiger partial charge < -0.3 is 15.4 Å². The Kier molecular flexibility index (Phi) is 5.66. The molecule has 2 N–H and O–H groups in total. The van der Waals surface area contributed by atoms with E-state index < -0.39 is 27.7 Å². The largest absolute Gasteiger partial charge is 0.465 e. The van der Waals surface area contributed by atoms with Crippen molar-refractivity contribution in [2.24, 2.45) is 4.40 Å². The van der Waals surface area contributed by atoms with Crippen molar-refractivity contribution in [2.75, 3.05) is 23.5 Å². The van der Waals surface area contributed by atoms with Crippen molar-refractivity contribution in [3.63, 3.8) is 0 Å². The van der Waals surface area contributed by atoms with Crippen LogP contribution in [0.1, 0.15) is 10.4 Å². The maximum absolute atomic E-state index is 13.3. The molecule has 0 atom stereocenters. The smallest absolute Gasteiger partial charge is 0.337 e. The molecule has 0 saturated heterocycles. The number of anilines is 2. The maximum atomic E-state index is 13.3. The van der Waals surface area contributed by atoms with E-state index in [1.807, 2.05) is 0 Å². The van der Waals surface area contributed by atoms with Gasteiger partial charge in [0.15, 0.2) is 5.17 Å². The number of rotatable bonds is 4. The van der Waals surface area contributed by atoms with Crippen LogP contribution in [0.4, 0.5) is 15.8 Å². The number of sulfonamides is 1. The summed E-state index contributed by atoms with van der Waals surface area (Å²) in [5.74, 6) is -1.69. The Hall–Kier alpha value is -2.92. The predicted octanol–water partition coefficient (Wildman–Crippen LogP) is 2.45. The topological polar surface area (TPSA) is 114 Å². The fourth-order valence-electron chi connectivity index (χ4n) is 2.31. The Morgan fingerprint density at radius 3 is 2.61 bits per heavy atom. The van der Waals surface area contributed by atoms with Crippen LogP contribution >= 0.6 is 11.8 Å². The van der Waals surface area contributed by atoms with Crippen LogP contribution in [0.15, 0.2) is 51.8 Å². The lowest BCUT2D eigenvalue weighted by Crippen LogP contribution is -2.22. The molecule has 3 rings (SSSR count). The van der Waals surface area contributed by atoms with Gasteiger partial charge in [0.25, 0.3) is 10.0 Å². The number of amides is 1. The fourth-order valence-corrected chi connectivity index (χ4v) is 4.36. The van der Waals surface area contributed by atoms with Crippen LogP contribution in [0, 0.1) is 5.82 Å². The predicted molar refractivity (Wildman–Crippen MR) is 104 cm³/mol. The summed E-state index contributed by atoms with van der Waals surface area (Å²) in [7, 11) is -2.78. The minimum atomic E-state index is -4.05. The van der Waals surface area contributed by atoms with Gasteiger partial charge in [-0.15, -0.1) is 4.40 Å². The van der Waals surface area contributed by atoms with Crippen LogP contribution in [0.3, 0.4) is 0 Å². The standard InChI is InChI=1S/C17H14FN3O5S2/c1-26-16(23)10-2-5-12(6-3-10)19-15(22)9-27-17-20-13-7-4-11(18)8-14(13)28(24,25)21-17/h2-8H,9H2,1H3,(H,19,22)(H,20,21). The first kappa shape index (κ1) is 19.8. The maximum Gasteiger partial charge on any atom is 0.337 e. The number of ether oxygens (including phenoxy) is 1. The van der Waals surface area contributed by atoms with E-state index in [9.17, 15) is 22.4 Å². The molecule has 28 heavy (non-hydrogen) atoms. The number of amidine groups is 1. The third kappa shape index (κ3) is 4.49. The minimum absolute atomic E-state index is 0.00953. The Morgan fingerprint density at radius 2 is 1.93 bits per heavy atom. The first-order valence-corrected chi connectivity index (χ1v) is 10.2. The second-order valence-electron chi connectivity index (χ2n) is 5.54. The number of esters is 1. The Balaban J connectivity index is 1.61. The second kappa shape index (κ2) is 7.98. The van der Waals surface area contributed by atoms with Gasteiger partial charge >= 0.3 is 5.97 Å².